The second-order valence-electron chi connectivity index (χ2n) is 9.16. The second-order valence-corrected chi connectivity index (χ2v) is 11.4. The van der Waals surface area contributed by atoms with Crippen molar-refractivity contribution in [2.24, 2.45) is 0 Å². The molecule has 2 fully saturated rings. The second kappa shape index (κ2) is 11.8. The Morgan fingerprint density at radius 3 is 2.47 bits per heavy atom. The third-order valence-corrected chi connectivity index (χ3v) is 8.13. The van der Waals surface area contributed by atoms with Crippen LogP contribution >= 0.6 is 0 Å². The number of benzene rings is 1. The standard InChI is InChI=1S/C24H34N2O7S/c1-17(22(27)26-14-15-34(31,32)16-21(26)23(28)29)25-20(13-12-18-8-4-2-5-9-18)24(30)33-19-10-6-3-7-11-19/h2,4-5,8-9,17,19-21,25H,3,6-7,10-16H2,1H3,(H,28,29)/t17-,20?,21?/m0/s1. The molecular weight excluding hydrogens is 460 g/mol. The number of carboxylic acids is 1. The lowest BCUT2D eigenvalue weighted by molar-refractivity contribution is -0.155. The van der Waals surface area contributed by atoms with Gasteiger partial charge in [-0.05, 0) is 51.0 Å². The van der Waals surface area contributed by atoms with Crippen molar-refractivity contribution in [1.29, 1.82) is 0 Å². The number of carbonyl (C=O) groups is 3. The molecule has 1 aliphatic heterocycles. The van der Waals surface area contributed by atoms with E-state index in [9.17, 15) is 27.9 Å². The molecule has 0 spiro atoms. The van der Waals surface area contributed by atoms with Gasteiger partial charge in [-0.25, -0.2) is 13.2 Å². The van der Waals surface area contributed by atoms with Gasteiger partial charge in [-0.2, -0.15) is 0 Å². The van der Waals surface area contributed by atoms with Crippen molar-refractivity contribution in [2.75, 3.05) is 18.1 Å². The molecule has 3 atom stereocenters. The van der Waals surface area contributed by atoms with Gasteiger partial charge >= 0.3 is 11.9 Å². The number of aliphatic carboxylic acids is 1. The number of carboxylic acid groups (broad SMARTS) is 1. The maximum Gasteiger partial charge on any atom is 0.327 e. The van der Waals surface area contributed by atoms with E-state index in [0.29, 0.717) is 12.8 Å². The third kappa shape index (κ3) is 7.27. The fraction of sp³-hybridized carbons (Fsp3) is 0.625. The number of aryl methyl sites for hydroxylation is 1. The van der Waals surface area contributed by atoms with Crippen LogP contribution in [-0.2, 0) is 35.4 Å². The summed E-state index contributed by atoms with van der Waals surface area (Å²) >= 11 is 0. The first kappa shape index (κ1) is 26.2. The highest BCUT2D eigenvalue weighted by Gasteiger charge is 2.40. The van der Waals surface area contributed by atoms with Gasteiger partial charge in [0.25, 0.3) is 0 Å². The molecule has 1 aromatic rings. The predicted octanol–water partition coefficient (Wildman–Crippen LogP) is 1.55. The summed E-state index contributed by atoms with van der Waals surface area (Å²) in [7, 11) is -3.53. The quantitative estimate of drug-likeness (QED) is 0.495. The number of carbonyl (C=O) groups excluding carboxylic acids is 2. The van der Waals surface area contributed by atoms with Crippen molar-refractivity contribution in [2.45, 2.75) is 76.1 Å². The Hall–Kier alpha value is -2.46. The fourth-order valence-electron chi connectivity index (χ4n) is 4.55. The lowest BCUT2D eigenvalue weighted by atomic mass is 9.97. The van der Waals surface area contributed by atoms with Crippen LogP contribution in [0.4, 0.5) is 0 Å². The highest BCUT2D eigenvalue weighted by atomic mass is 32.2. The van der Waals surface area contributed by atoms with E-state index in [-0.39, 0.29) is 18.4 Å². The van der Waals surface area contributed by atoms with Crippen LogP contribution in [0.25, 0.3) is 0 Å². The highest BCUT2D eigenvalue weighted by molar-refractivity contribution is 7.91. The largest absolute Gasteiger partial charge is 0.480 e. The SMILES string of the molecule is C[C@H](NC(CCc1ccccc1)C(=O)OC1CCCCC1)C(=O)N1CCS(=O)(=O)CC1C(=O)O. The molecule has 1 heterocycles. The van der Waals surface area contributed by atoms with Crippen molar-refractivity contribution in [1.82, 2.24) is 10.2 Å². The summed E-state index contributed by atoms with van der Waals surface area (Å²) in [6, 6.07) is 6.59. The molecule has 1 saturated carbocycles. The molecular formula is C24H34N2O7S. The molecule has 2 aliphatic rings. The average molecular weight is 495 g/mol. The zero-order valence-corrected chi connectivity index (χ0v) is 20.3. The first-order chi connectivity index (χ1) is 16.2. The predicted molar refractivity (Wildman–Crippen MR) is 126 cm³/mol. The number of ether oxygens (including phenoxy) is 1. The molecule has 0 radical (unpaired) electrons. The van der Waals surface area contributed by atoms with E-state index in [1.165, 1.54) is 0 Å². The summed E-state index contributed by atoms with van der Waals surface area (Å²) in [4.78, 5) is 38.9. The number of hydrogen-bond acceptors (Lipinski definition) is 7. The molecule has 9 nitrogen and oxygen atoms in total. The van der Waals surface area contributed by atoms with Crippen molar-refractivity contribution in [3.8, 4) is 0 Å². The van der Waals surface area contributed by atoms with Crippen LogP contribution in [0.2, 0.25) is 0 Å². The first-order valence-electron chi connectivity index (χ1n) is 11.9. The number of sulfone groups is 1. The lowest BCUT2D eigenvalue weighted by Crippen LogP contribution is -2.60. The van der Waals surface area contributed by atoms with E-state index in [1.54, 1.807) is 6.92 Å². The highest BCUT2D eigenvalue weighted by Crippen LogP contribution is 2.21. The van der Waals surface area contributed by atoms with Gasteiger partial charge in [0.1, 0.15) is 18.2 Å². The van der Waals surface area contributed by atoms with Crippen molar-refractivity contribution >= 4 is 27.7 Å². The molecule has 2 unspecified atom stereocenters. The fourth-order valence-corrected chi connectivity index (χ4v) is 6.00. The number of esters is 1. The summed E-state index contributed by atoms with van der Waals surface area (Å²) in [5.41, 5.74) is 1.05. The van der Waals surface area contributed by atoms with Crippen LogP contribution in [0.5, 0.6) is 0 Å². The number of nitrogens with one attached hydrogen (secondary N) is 1. The van der Waals surface area contributed by atoms with Crippen LogP contribution in [0.15, 0.2) is 30.3 Å². The van der Waals surface area contributed by atoms with Crippen LogP contribution < -0.4 is 5.32 Å². The number of nitrogens with zero attached hydrogens (tertiary/aromatic N) is 1. The Morgan fingerprint density at radius 2 is 1.82 bits per heavy atom. The Bertz CT molecular complexity index is 961. The smallest absolute Gasteiger partial charge is 0.327 e. The lowest BCUT2D eigenvalue weighted by Gasteiger charge is -2.35. The van der Waals surface area contributed by atoms with Gasteiger partial charge in [-0.15, -0.1) is 0 Å². The Labute approximate surface area is 200 Å². The molecule has 2 N–H and O–H groups in total. The average Bonchev–Trinajstić information content (AvgIpc) is 2.81. The van der Waals surface area contributed by atoms with E-state index in [0.717, 1.165) is 42.6 Å². The molecule has 1 saturated heterocycles. The minimum Gasteiger partial charge on any atom is -0.480 e. The maximum atomic E-state index is 13.1. The summed E-state index contributed by atoms with van der Waals surface area (Å²) in [6.07, 6.45) is 5.70. The minimum atomic E-state index is -3.53. The third-order valence-electron chi connectivity index (χ3n) is 6.51. The van der Waals surface area contributed by atoms with Crippen LogP contribution in [-0.4, -0.2) is 78.5 Å². The number of amides is 1. The molecule has 188 valence electrons. The molecule has 34 heavy (non-hydrogen) atoms. The van der Waals surface area contributed by atoms with Gasteiger partial charge < -0.3 is 14.7 Å². The molecule has 1 aliphatic carbocycles. The zero-order chi connectivity index (χ0) is 24.7. The Balaban J connectivity index is 1.69. The monoisotopic (exact) mass is 494 g/mol. The molecule has 10 heteroatoms. The van der Waals surface area contributed by atoms with Gasteiger partial charge in [0, 0.05) is 6.54 Å². The van der Waals surface area contributed by atoms with E-state index < -0.39 is 51.6 Å². The zero-order valence-electron chi connectivity index (χ0n) is 19.5. The van der Waals surface area contributed by atoms with Gasteiger partial charge in [0.05, 0.1) is 17.5 Å². The first-order valence-corrected chi connectivity index (χ1v) is 13.7. The molecule has 1 aromatic carbocycles. The Kier molecular flexibility index (Phi) is 9.07. The summed E-state index contributed by atoms with van der Waals surface area (Å²) in [5.74, 6) is -3.21. The maximum absolute atomic E-state index is 13.1. The van der Waals surface area contributed by atoms with Crippen LogP contribution in [0.3, 0.4) is 0 Å². The molecule has 0 aromatic heterocycles. The van der Waals surface area contributed by atoms with Crippen LogP contribution in [0.1, 0.15) is 51.0 Å². The van der Waals surface area contributed by atoms with E-state index in [2.05, 4.69) is 5.32 Å². The number of hydrogen-bond donors (Lipinski definition) is 2. The molecule has 3 rings (SSSR count). The summed E-state index contributed by atoms with van der Waals surface area (Å²) in [5, 5.41) is 12.5. The summed E-state index contributed by atoms with van der Waals surface area (Å²) < 4.78 is 29.6. The molecule has 0 bridgehead atoms. The van der Waals surface area contributed by atoms with Gasteiger partial charge in [0.2, 0.25) is 5.91 Å². The van der Waals surface area contributed by atoms with Crippen molar-refractivity contribution in [3.63, 3.8) is 0 Å². The normalized spacial score (nSPS) is 22.5. The van der Waals surface area contributed by atoms with Crippen molar-refractivity contribution in [3.05, 3.63) is 35.9 Å². The molecule has 1 amide bonds. The van der Waals surface area contributed by atoms with Gasteiger partial charge in [0.15, 0.2) is 9.84 Å². The van der Waals surface area contributed by atoms with Crippen LogP contribution in [0, 0.1) is 0 Å². The summed E-state index contributed by atoms with van der Waals surface area (Å²) in [6.45, 7) is 1.37. The number of rotatable bonds is 9. The van der Waals surface area contributed by atoms with Crippen molar-refractivity contribution < 1.29 is 32.6 Å². The topological polar surface area (TPSA) is 130 Å². The van der Waals surface area contributed by atoms with Gasteiger partial charge in [-0.1, -0.05) is 36.8 Å². The van der Waals surface area contributed by atoms with E-state index in [1.807, 2.05) is 30.3 Å². The van der Waals surface area contributed by atoms with Gasteiger partial charge in [-0.3, -0.25) is 14.9 Å². The minimum absolute atomic E-state index is 0.128. The Morgan fingerprint density at radius 1 is 1.15 bits per heavy atom. The van der Waals surface area contributed by atoms with E-state index in [4.69, 9.17) is 4.74 Å². The van der Waals surface area contributed by atoms with E-state index >= 15 is 0 Å².